The van der Waals surface area contributed by atoms with Crippen LogP contribution in [-0.4, -0.2) is 11.7 Å². The van der Waals surface area contributed by atoms with E-state index in [0.29, 0.717) is 23.4 Å². The monoisotopic (exact) mass is 328 g/mol. The number of allylic oxidation sites excluding steroid dienone is 1. The molecule has 1 fully saturated rings. The summed E-state index contributed by atoms with van der Waals surface area (Å²) < 4.78 is 6.16. The number of phenolic OH excluding ortho intramolecular Hbond substituents is 1. The third-order valence-electron chi connectivity index (χ3n) is 6.75. The molecule has 3 rings (SSSR count). The highest BCUT2D eigenvalue weighted by molar-refractivity contribution is 5.37. The van der Waals surface area contributed by atoms with Gasteiger partial charge >= 0.3 is 0 Å². The molecule has 2 aliphatic carbocycles. The van der Waals surface area contributed by atoms with Gasteiger partial charge in [0.2, 0.25) is 0 Å². The summed E-state index contributed by atoms with van der Waals surface area (Å²) in [5, 5.41) is 9.80. The summed E-state index contributed by atoms with van der Waals surface area (Å²) in [4.78, 5) is 0. The molecular weight excluding hydrogens is 296 g/mol. The summed E-state index contributed by atoms with van der Waals surface area (Å²) in [6.07, 6.45) is 7.59. The standard InChI is InChI=1S/C22H32O2/c1-15-11-17(23)13-18(12-15)24-14-19-16(2)7-8-20-21(3,4)9-6-10-22(19,20)5/h7,11-13,19-20,23H,6,8-10,14H2,1-5H3/t19-,20?,22-/m0/s1. The van der Waals surface area contributed by atoms with Gasteiger partial charge in [-0.2, -0.15) is 0 Å². The molecule has 0 aromatic heterocycles. The second-order valence-electron chi connectivity index (χ2n) is 8.95. The van der Waals surface area contributed by atoms with E-state index in [1.807, 2.05) is 13.0 Å². The summed E-state index contributed by atoms with van der Waals surface area (Å²) >= 11 is 0. The van der Waals surface area contributed by atoms with Gasteiger partial charge in [-0.25, -0.2) is 0 Å². The van der Waals surface area contributed by atoms with Crippen LogP contribution in [0, 0.1) is 29.6 Å². The maximum Gasteiger partial charge on any atom is 0.123 e. The van der Waals surface area contributed by atoms with Gasteiger partial charge in [-0.3, -0.25) is 0 Å². The molecule has 1 N–H and O–H groups in total. The highest BCUT2D eigenvalue weighted by Crippen LogP contribution is 2.59. The fourth-order valence-electron chi connectivity index (χ4n) is 5.45. The summed E-state index contributed by atoms with van der Waals surface area (Å²) in [7, 11) is 0. The molecule has 0 spiro atoms. The van der Waals surface area contributed by atoms with Gasteiger partial charge in [0.1, 0.15) is 11.5 Å². The lowest BCUT2D eigenvalue weighted by molar-refractivity contribution is -0.0481. The van der Waals surface area contributed by atoms with Crippen molar-refractivity contribution in [3.63, 3.8) is 0 Å². The first-order valence-electron chi connectivity index (χ1n) is 9.32. The number of hydrogen-bond acceptors (Lipinski definition) is 2. The Morgan fingerprint density at radius 2 is 1.88 bits per heavy atom. The lowest BCUT2D eigenvalue weighted by atomic mass is 9.49. The van der Waals surface area contributed by atoms with Crippen LogP contribution in [0.2, 0.25) is 0 Å². The van der Waals surface area contributed by atoms with Crippen LogP contribution < -0.4 is 4.74 Å². The van der Waals surface area contributed by atoms with E-state index in [4.69, 9.17) is 4.74 Å². The summed E-state index contributed by atoms with van der Waals surface area (Å²) in [5.41, 5.74) is 3.23. The van der Waals surface area contributed by atoms with Gasteiger partial charge in [0.25, 0.3) is 0 Å². The number of fused-ring (bicyclic) bond motifs is 1. The molecule has 0 bridgehead atoms. The molecule has 2 nitrogen and oxygen atoms in total. The Kier molecular flexibility index (Phi) is 4.44. The fraction of sp³-hybridized carbons (Fsp3) is 0.636. The van der Waals surface area contributed by atoms with Crippen LogP contribution in [0.3, 0.4) is 0 Å². The van der Waals surface area contributed by atoms with Gasteiger partial charge in [0.05, 0.1) is 6.61 Å². The average Bonchev–Trinajstić information content (AvgIpc) is 2.44. The lowest BCUT2D eigenvalue weighted by Crippen LogP contribution is -2.50. The highest BCUT2D eigenvalue weighted by Gasteiger charge is 2.51. The molecule has 3 atom stereocenters. The Balaban J connectivity index is 1.83. The number of hydrogen-bond donors (Lipinski definition) is 1. The first-order valence-corrected chi connectivity index (χ1v) is 9.32. The van der Waals surface area contributed by atoms with E-state index in [9.17, 15) is 5.11 Å². The van der Waals surface area contributed by atoms with Crippen molar-refractivity contribution in [2.75, 3.05) is 6.61 Å². The van der Waals surface area contributed by atoms with Crippen molar-refractivity contribution in [3.05, 3.63) is 35.4 Å². The zero-order chi connectivity index (χ0) is 17.5. The maximum absolute atomic E-state index is 9.80. The number of phenols is 1. The summed E-state index contributed by atoms with van der Waals surface area (Å²) in [6, 6.07) is 5.49. The first kappa shape index (κ1) is 17.4. The molecule has 24 heavy (non-hydrogen) atoms. The van der Waals surface area contributed by atoms with Crippen molar-refractivity contribution in [2.24, 2.45) is 22.7 Å². The predicted octanol–water partition coefficient (Wildman–Crippen LogP) is 5.88. The third-order valence-corrected chi connectivity index (χ3v) is 6.75. The topological polar surface area (TPSA) is 29.5 Å². The van der Waals surface area contributed by atoms with Crippen LogP contribution in [0.15, 0.2) is 29.8 Å². The lowest BCUT2D eigenvalue weighted by Gasteiger charge is -2.56. The minimum absolute atomic E-state index is 0.281. The minimum atomic E-state index is 0.281. The normalized spacial score (nSPS) is 32.0. The quantitative estimate of drug-likeness (QED) is 0.702. The Bertz CT molecular complexity index is 623. The van der Waals surface area contributed by atoms with Crippen molar-refractivity contribution < 1.29 is 9.84 Å². The molecular formula is C22H32O2. The van der Waals surface area contributed by atoms with Crippen LogP contribution in [0.25, 0.3) is 0 Å². The molecule has 132 valence electrons. The van der Waals surface area contributed by atoms with Gasteiger partial charge in [-0.1, -0.05) is 38.8 Å². The smallest absolute Gasteiger partial charge is 0.123 e. The Hall–Kier alpha value is -1.44. The Morgan fingerprint density at radius 3 is 2.58 bits per heavy atom. The molecule has 1 unspecified atom stereocenters. The number of aromatic hydroxyl groups is 1. The van der Waals surface area contributed by atoms with Gasteiger partial charge < -0.3 is 9.84 Å². The van der Waals surface area contributed by atoms with Crippen LogP contribution in [0.4, 0.5) is 0 Å². The first-order chi connectivity index (χ1) is 11.2. The van der Waals surface area contributed by atoms with Gasteiger partial charge in [0.15, 0.2) is 0 Å². The van der Waals surface area contributed by atoms with Gasteiger partial charge in [0, 0.05) is 12.0 Å². The van der Waals surface area contributed by atoms with Crippen LogP contribution >= 0.6 is 0 Å². The molecule has 1 aromatic carbocycles. The van der Waals surface area contributed by atoms with Crippen molar-refractivity contribution in [1.29, 1.82) is 0 Å². The fourth-order valence-corrected chi connectivity index (χ4v) is 5.45. The molecule has 2 aliphatic rings. The Morgan fingerprint density at radius 1 is 1.12 bits per heavy atom. The SMILES string of the molecule is CC1=CCC2C(C)(C)CCC[C@@]2(C)[C@H]1COc1cc(C)cc(O)c1. The molecule has 0 aliphatic heterocycles. The van der Waals surface area contributed by atoms with Crippen molar-refractivity contribution in [1.82, 2.24) is 0 Å². The van der Waals surface area contributed by atoms with Crippen LogP contribution in [-0.2, 0) is 0 Å². The largest absolute Gasteiger partial charge is 0.508 e. The van der Waals surface area contributed by atoms with E-state index in [1.54, 1.807) is 12.1 Å². The molecule has 0 amide bonds. The molecule has 0 saturated heterocycles. The molecule has 0 radical (unpaired) electrons. The van der Waals surface area contributed by atoms with Crippen LogP contribution in [0.1, 0.15) is 58.9 Å². The number of aryl methyl sites for hydroxylation is 1. The zero-order valence-corrected chi connectivity index (χ0v) is 15.9. The van der Waals surface area contributed by atoms with E-state index < -0.39 is 0 Å². The molecule has 1 aromatic rings. The second-order valence-corrected chi connectivity index (χ2v) is 8.95. The summed E-state index contributed by atoms with van der Waals surface area (Å²) in [5.74, 6) is 2.24. The van der Waals surface area contributed by atoms with Crippen molar-refractivity contribution in [2.45, 2.75) is 60.3 Å². The second kappa shape index (κ2) is 6.13. The zero-order valence-electron chi connectivity index (χ0n) is 15.9. The highest BCUT2D eigenvalue weighted by atomic mass is 16.5. The van der Waals surface area contributed by atoms with Gasteiger partial charge in [-0.15, -0.1) is 0 Å². The van der Waals surface area contributed by atoms with Gasteiger partial charge in [-0.05, 0) is 67.6 Å². The van der Waals surface area contributed by atoms with E-state index in [1.165, 1.54) is 31.3 Å². The maximum atomic E-state index is 9.80. The van der Waals surface area contributed by atoms with E-state index in [0.717, 1.165) is 17.2 Å². The number of ether oxygens (including phenoxy) is 1. The van der Waals surface area contributed by atoms with Crippen molar-refractivity contribution >= 4 is 0 Å². The van der Waals surface area contributed by atoms with E-state index in [-0.39, 0.29) is 5.75 Å². The van der Waals surface area contributed by atoms with E-state index in [2.05, 4.69) is 33.8 Å². The third kappa shape index (κ3) is 3.08. The predicted molar refractivity (Wildman–Crippen MR) is 99.4 cm³/mol. The summed E-state index contributed by atoms with van der Waals surface area (Å²) in [6.45, 7) is 12.3. The average molecular weight is 328 g/mol. The van der Waals surface area contributed by atoms with E-state index >= 15 is 0 Å². The number of benzene rings is 1. The minimum Gasteiger partial charge on any atom is -0.508 e. The van der Waals surface area contributed by atoms with Crippen LogP contribution in [0.5, 0.6) is 11.5 Å². The molecule has 2 heteroatoms. The molecule has 1 saturated carbocycles. The Labute approximate surface area is 146 Å². The van der Waals surface area contributed by atoms with Crippen molar-refractivity contribution in [3.8, 4) is 11.5 Å². The number of rotatable bonds is 3. The molecule has 0 heterocycles.